The lowest BCUT2D eigenvalue weighted by atomic mass is 10.0. The molecular weight excluding hydrogens is 259 g/mol. The average Bonchev–Trinajstić information content (AvgIpc) is 2.39. The van der Waals surface area contributed by atoms with Gasteiger partial charge in [-0.05, 0) is 43.5 Å². The summed E-state index contributed by atoms with van der Waals surface area (Å²) in [7, 11) is 0. The fourth-order valence-corrected chi connectivity index (χ4v) is 2.10. The van der Waals surface area contributed by atoms with Crippen LogP contribution in [0, 0.1) is 11.7 Å². The Hall–Kier alpha value is -1.46. The van der Waals surface area contributed by atoms with E-state index in [9.17, 15) is 9.18 Å². The molecule has 0 heterocycles. The highest BCUT2D eigenvalue weighted by molar-refractivity contribution is 5.92. The Balaban J connectivity index is 2.28. The summed E-state index contributed by atoms with van der Waals surface area (Å²) in [6.45, 7) is 3.15. The van der Waals surface area contributed by atoms with E-state index in [1.165, 1.54) is 12.1 Å². The van der Waals surface area contributed by atoms with Crippen LogP contribution < -0.4 is 10.6 Å². The van der Waals surface area contributed by atoms with Gasteiger partial charge in [-0.3, -0.25) is 4.79 Å². The highest BCUT2D eigenvalue weighted by Gasteiger charge is 2.08. The zero-order valence-corrected chi connectivity index (χ0v) is 11.9. The van der Waals surface area contributed by atoms with E-state index >= 15 is 0 Å². The maximum absolute atomic E-state index is 13.0. The fraction of sp³-hybridized carbons (Fsp3) is 0.533. The van der Waals surface area contributed by atoms with Crippen molar-refractivity contribution in [1.29, 1.82) is 0 Å². The minimum absolute atomic E-state index is 0.168. The Morgan fingerprint density at radius 2 is 2.20 bits per heavy atom. The third kappa shape index (κ3) is 6.63. The fourth-order valence-electron chi connectivity index (χ4n) is 2.10. The van der Waals surface area contributed by atoms with E-state index in [-0.39, 0.29) is 24.9 Å². The number of carbonyl (C=O) groups is 1. The third-order valence-corrected chi connectivity index (χ3v) is 3.06. The molecule has 0 aromatic heterocycles. The van der Waals surface area contributed by atoms with Gasteiger partial charge in [0.15, 0.2) is 0 Å². The zero-order valence-electron chi connectivity index (χ0n) is 11.9. The Morgan fingerprint density at radius 1 is 1.40 bits per heavy atom. The molecule has 5 heteroatoms. The van der Waals surface area contributed by atoms with Crippen molar-refractivity contribution in [2.24, 2.45) is 5.92 Å². The molecule has 0 aliphatic heterocycles. The van der Waals surface area contributed by atoms with Crippen LogP contribution in [0.1, 0.15) is 26.2 Å². The predicted molar refractivity (Wildman–Crippen MR) is 78.0 cm³/mol. The summed E-state index contributed by atoms with van der Waals surface area (Å²) in [6.07, 6.45) is 2.83. The number of benzene rings is 1. The number of rotatable bonds is 9. The number of aliphatic hydroxyl groups is 1. The van der Waals surface area contributed by atoms with Crippen LogP contribution in [-0.4, -0.2) is 30.7 Å². The molecule has 1 rings (SSSR count). The van der Waals surface area contributed by atoms with Crippen molar-refractivity contribution in [3.05, 3.63) is 30.1 Å². The molecular formula is C15H23FN2O2. The van der Waals surface area contributed by atoms with E-state index in [2.05, 4.69) is 17.6 Å². The van der Waals surface area contributed by atoms with Crippen LogP contribution in [0.25, 0.3) is 0 Å². The molecule has 1 unspecified atom stereocenters. The van der Waals surface area contributed by atoms with Gasteiger partial charge in [-0.15, -0.1) is 0 Å². The number of aliphatic hydroxyl groups excluding tert-OH is 1. The molecule has 0 saturated heterocycles. The van der Waals surface area contributed by atoms with Crippen LogP contribution in [0.3, 0.4) is 0 Å². The first-order valence-electron chi connectivity index (χ1n) is 7.02. The van der Waals surface area contributed by atoms with E-state index < -0.39 is 0 Å². The van der Waals surface area contributed by atoms with Gasteiger partial charge in [-0.2, -0.15) is 0 Å². The second kappa shape index (κ2) is 9.44. The number of hydrogen-bond donors (Lipinski definition) is 3. The number of anilines is 1. The first-order valence-corrected chi connectivity index (χ1v) is 7.02. The Bertz CT molecular complexity index is 407. The minimum Gasteiger partial charge on any atom is -0.396 e. The molecule has 0 aliphatic rings. The lowest BCUT2D eigenvalue weighted by Crippen LogP contribution is -2.32. The van der Waals surface area contributed by atoms with Crippen LogP contribution >= 0.6 is 0 Å². The molecule has 1 atom stereocenters. The summed E-state index contributed by atoms with van der Waals surface area (Å²) >= 11 is 0. The monoisotopic (exact) mass is 282 g/mol. The van der Waals surface area contributed by atoms with Crippen molar-refractivity contribution in [2.45, 2.75) is 26.2 Å². The number of amides is 1. The summed E-state index contributed by atoms with van der Waals surface area (Å²) in [5.74, 6) is -0.191. The molecule has 0 aliphatic carbocycles. The number of hydrogen-bond acceptors (Lipinski definition) is 3. The molecule has 4 nitrogen and oxygen atoms in total. The van der Waals surface area contributed by atoms with Crippen molar-refractivity contribution < 1.29 is 14.3 Å². The van der Waals surface area contributed by atoms with Gasteiger partial charge in [0.05, 0.1) is 6.54 Å². The Kier molecular flexibility index (Phi) is 7.84. The summed E-state index contributed by atoms with van der Waals surface area (Å²) in [4.78, 5) is 11.7. The standard InChI is InChI=1S/C15H23FN2O2/c1-2-4-12(7-8-19)10-17-11-15(20)18-14-6-3-5-13(16)9-14/h3,5-6,9,12,17,19H,2,4,7-8,10-11H2,1H3,(H,18,20). The first-order chi connectivity index (χ1) is 9.65. The highest BCUT2D eigenvalue weighted by Crippen LogP contribution is 2.10. The van der Waals surface area contributed by atoms with Crippen LogP contribution in [0.4, 0.5) is 10.1 Å². The molecule has 0 fully saturated rings. The normalized spacial score (nSPS) is 12.2. The summed E-state index contributed by atoms with van der Waals surface area (Å²) in [5, 5.41) is 14.7. The highest BCUT2D eigenvalue weighted by atomic mass is 19.1. The van der Waals surface area contributed by atoms with Crippen LogP contribution in [0.2, 0.25) is 0 Å². The third-order valence-electron chi connectivity index (χ3n) is 3.06. The first kappa shape index (κ1) is 16.6. The van der Waals surface area contributed by atoms with Crippen LogP contribution in [0.15, 0.2) is 24.3 Å². The van der Waals surface area contributed by atoms with Gasteiger partial charge in [0.1, 0.15) is 5.82 Å². The zero-order chi connectivity index (χ0) is 14.8. The van der Waals surface area contributed by atoms with E-state index in [1.54, 1.807) is 12.1 Å². The van der Waals surface area contributed by atoms with Gasteiger partial charge in [-0.25, -0.2) is 4.39 Å². The number of halogens is 1. The van der Waals surface area contributed by atoms with Gasteiger partial charge in [-0.1, -0.05) is 19.4 Å². The average molecular weight is 282 g/mol. The molecule has 20 heavy (non-hydrogen) atoms. The van der Waals surface area contributed by atoms with Crippen molar-refractivity contribution in [1.82, 2.24) is 5.32 Å². The number of nitrogens with one attached hydrogen (secondary N) is 2. The maximum atomic E-state index is 13.0. The molecule has 0 saturated carbocycles. The summed E-state index contributed by atoms with van der Waals surface area (Å²) < 4.78 is 13.0. The van der Waals surface area contributed by atoms with Gasteiger partial charge < -0.3 is 15.7 Å². The van der Waals surface area contributed by atoms with Crippen LogP contribution in [0.5, 0.6) is 0 Å². The molecule has 1 aromatic rings. The van der Waals surface area contributed by atoms with E-state index in [1.807, 2.05) is 0 Å². The van der Waals surface area contributed by atoms with Crippen molar-refractivity contribution >= 4 is 11.6 Å². The van der Waals surface area contributed by atoms with Crippen molar-refractivity contribution in [3.63, 3.8) is 0 Å². The lowest BCUT2D eigenvalue weighted by Gasteiger charge is -2.15. The van der Waals surface area contributed by atoms with E-state index in [4.69, 9.17) is 5.11 Å². The SMILES string of the molecule is CCCC(CCO)CNCC(=O)Nc1cccc(F)c1. The maximum Gasteiger partial charge on any atom is 0.238 e. The minimum atomic E-state index is -0.373. The van der Waals surface area contributed by atoms with E-state index in [0.717, 1.165) is 19.3 Å². The van der Waals surface area contributed by atoms with Gasteiger partial charge in [0.2, 0.25) is 5.91 Å². The Morgan fingerprint density at radius 3 is 2.85 bits per heavy atom. The van der Waals surface area contributed by atoms with Gasteiger partial charge >= 0.3 is 0 Å². The van der Waals surface area contributed by atoms with Gasteiger partial charge in [0, 0.05) is 12.3 Å². The predicted octanol–water partition coefficient (Wildman–Crippen LogP) is 2.15. The Labute approximate surface area is 119 Å². The van der Waals surface area contributed by atoms with Crippen molar-refractivity contribution in [2.75, 3.05) is 25.0 Å². The molecule has 1 amide bonds. The molecule has 1 aromatic carbocycles. The smallest absolute Gasteiger partial charge is 0.238 e. The van der Waals surface area contributed by atoms with Gasteiger partial charge in [0.25, 0.3) is 0 Å². The number of carbonyl (C=O) groups excluding carboxylic acids is 1. The lowest BCUT2D eigenvalue weighted by molar-refractivity contribution is -0.115. The molecule has 0 bridgehead atoms. The summed E-state index contributed by atoms with van der Waals surface area (Å²) in [5.41, 5.74) is 0.456. The molecule has 3 N–H and O–H groups in total. The van der Waals surface area contributed by atoms with Crippen molar-refractivity contribution in [3.8, 4) is 0 Å². The quantitative estimate of drug-likeness (QED) is 0.650. The second-order valence-corrected chi connectivity index (χ2v) is 4.86. The topological polar surface area (TPSA) is 61.4 Å². The summed E-state index contributed by atoms with van der Waals surface area (Å²) in [6, 6.07) is 5.81. The van der Waals surface area contributed by atoms with E-state index in [0.29, 0.717) is 18.2 Å². The molecule has 112 valence electrons. The molecule has 0 spiro atoms. The van der Waals surface area contributed by atoms with Crippen LogP contribution in [-0.2, 0) is 4.79 Å². The molecule has 0 radical (unpaired) electrons. The second-order valence-electron chi connectivity index (χ2n) is 4.86. The largest absolute Gasteiger partial charge is 0.396 e.